The van der Waals surface area contributed by atoms with E-state index in [0.29, 0.717) is 39.5 Å². The van der Waals surface area contributed by atoms with Crippen molar-refractivity contribution < 1.29 is 14.6 Å². The Hall–Kier alpha value is -4.79. The van der Waals surface area contributed by atoms with E-state index >= 15 is 0 Å². The van der Waals surface area contributed by atoms with Gasteiger partial charge >= 0.3 is 5.97 Å². The van der Waals surface area contributed by atoms with Crippen molar-refractivity contribution in [3.05, 3.63) is 106 Å². The van der Waals surface area contributed by atoms with Crippen molar-refractivity contribution in [2.75, 3.05) is 0 Å². The molecule has 9 heteroatoms. The number of nitrogens with zero attached hydrogens (tertiary/aromatic N) is 5. The molecule has 0 fully saturated rings. The topological polar surface area (TPSA) is 112 Å². The van der Waals surface area contributed by atoms with Crippen LogP contribution in [0.3, 0.4) is 0 Å². The highest BCUT2D eigenvalue weighted by Gasteiger charge is 2.11. The highest BCUT2D eigenvalue weighted by Crippen LogP contribution is 2.19. The highest BCUT2D eigenvalue weighted by atomic mass is 16.5. The third-order valence-electron chi connectivity index (χ3n) is 5.30. The quantitative estimate of drug-likeness (QED) is 0.418. The number of carboxylic acids is 1. The molecule has 0 aliphatic heterocycles. The molecule has 9 nitrogen and oxygen atoms in total. The lowest BCUT2D eigenvalue weighted by atomic mass is 10.2. The molecule has 5 aromatic rings. The number of carboxylic acid groups (broad SMARTS) is 1. The molecule has 0 aliphatic rings. The van der Waals surface area contributed by atoms with Gasteiger partial charge in [-0.3, -0.25) is 9.36 Å². The van der Waals surface area contributed by atoms with Gasteiger partial charge in [0.15, 0.2) is 0 Å². The Kier molecular flexibility index (Phi) is 5.35. The fourth-order valence-electron chi connectivity index (χ4n) is 3.69. The Morgan fingerprint density at radius 1 is 1.00 bits per heavy atom. The first-order chi connectivity index (χ1) is 16.5. The molecule has 0 radical (unpaired) electrons. The predicted octanol–water partition coefficient (Wildman–Crippen LogP) is 3.55. The fourth-order valence-corrected chi connectivity index (χ4v) is 3.69. The van der Waals surface area contributed by atoms with Crippen LogP contribution >= 0.6 is 0 Å². The number of aryl methyl sites for hydroxylation is 1. The van der Waals surface area contributed by atoms with Gasteiger partial charge in [-0.25, -0.2) is 14.5 Å². The molecule has 0 unspecified atom stereocenters. The first kappa shape index (κ1) is 21.1. The monoisotopic (exact) mass is 453 g/mol. The number of para-hydroxylation sites is 1. The maximum Gasteiger partial charge on any atom is 0.335 e. The third kappa shape index (κ3) is 4.02. The summed E-state index contributed by atoms with van der Waals surface area (Å²) in [5.74, 6) is 0.119. The maximum atomic E-state index is 13.1. The zero-order chi connectivity index (χ0) is 23.7. The van der Waals surface area contributed by atoms with Gasteiger partial charge < -0.3 is 9.84 Å². The van der Waals surface area contributed by atoms with Gasteiger partial charge in [0, 0.05) is 6.07 Å². The van der Waals surface area contributed by atoms with Crippen molar-refractivity contribution in [1.29, 1.82) is 0 Å². The number of aromatic carboxylic acids is 1. The van der Waals surface area contributed by atoms with Crippen molar-refractivity contribution in [3.8, 4) is 17.1 Å². The molecule has 0 saturated heterocycles. The number of hydrogen-bond acceptors (Lipinski definition) is 6. The van der Waals surface area contributed by atoms with Crippen molar-refractivity contribution in [2.24, 2.45) is 0 Å². The summed E-state index contributed by atoms with van der Waals surface area (Å²) in [6.45, 7) is 1.94. The number of benzene rings is 3. The van der Waals surface area contributed by atoms with Crippen molar-refractivity contribution in [3.63, 3.8) is 0 Å². The van der Waals surface area contributed by atoms with Crippen molar-refractivity contribution in [1.82, 2.24) is 24.5 Å². The highest BCUT2D eigenvalue weighted by molar-refractivity contribution is 5.88. The molecule has 168 valence electrons. The molecule has 0 atom stereocenters. The summed E-state index contributed by atoms with van der Waals surface area (Å²) in [5, 5.41) is 17.9. The zero-order valence-corrected chi connectivity index (χ0v) is 18.1. The molecule has 1 N–H and O–H groups in total. The lowest BCUT2D eigenvalue weighted by Gasteiger charge is -2.12. The summed E-state index contributed by atoms with van der Waals surface area (Å²) >= 11 is 0. The normalized spacial score (nSPS) is 11.0. The van der Waals surface area contributed by atoms with E-state index in [1.54, 1.807) is 54.1 Å². The van der Waals surface area contributed by atoms with E-state index in [1.165, 1.54) is 16.8 Å². The van der Waals surface area contributed by atoms with Crippen molar-refractivity contribution >= 4 is 16.9 Å². The lowest BCUT2D eigenvalue weighted by molar-refractivity contribution is 0.0697. The third-order valence-corrected chi connectivity index (χ3v) is 5.30. The minimum atomic E-state index is -1.01. The van der Waals surface area contributed by atoms with Crippen molar-refractivity contribution in [2.45, 2.75) is 13.5 Å². The van der Waals surface area contributed by atoms with Gasteiger partial charge in [0.1, 0.15) is 23.9 Å². The smallest absolute Gasteiger partial charge is 0.335 e. The van der Waals surface area contributed by atoms with Gasteiger partial charge in [-0.15, -0.1) is 5.10 Å². The van der Waals surface area contributed by atoms with Crippen LogP contribution in [-0.2, 0) is 6.61 Å². The number of aromatic nitrogens is 5. The summed E-state index contributed by atoms with van der Waals surface area (Å²) in [5.41, 5.74) is 2.47. The number of fused-ring (bicyclic) bond motifs is 1. The molecule has 0 spiro atoms. The number of rotatable bonds is 6. The molecule has 3 aromatic carbocycles. The van der Waals surface area contributed by atoms with Gasteiger partial charge in [0.25, 0.3) is 5.56 Å². The van der Waals surface area contributed by atoms with Crippen LogP contribution in [0.2, 0.25) is 0 Å². The Bertz CT molecular complexity index is 1590. The molecular formula is C25H19N5O4. The number of hydrogen-bond donors (Lipinski definition) is 1. The van der Waals surface area contributed by atoms with E-state index < -0.39 is 5.97 Å². The molecule has 0 bridgehead atoms. The van der Waals surface area contributed by atoms with Gasteiger partial charge in [0.2, 0.25) is 0 Å². The lowest BCUT2D eigenvalue weighted by Crippen LogP contribution is -2.22. The largest absolute Gasteiger partial charge is 0.487 e. The molecule has 34 heavy (non-hydrogen) atoms. The minimum absolute atomic E-state index is 0.145. The minimum Gasteiger partial charge on any atom is -0.487 e. The van der Waals surface area contributed by atoms with E-state index in [0.717, 1.165) is 0 Å². The zero-order valence-electron chi connectivity index (χ0n) is 18.1. The molecule has 0 amide bonds. The van der Waals surface area contributed by atoms with E-state index in [4.69, 9.17) is 4.74 Å². The standard InChI is InChI=1S/C25H19N5O4/c1-16-26-23-11-3-2-10-22(23)24(31)30(16)20-8-5-9-21(13-20)34-15-18-14-29(28-27-18)19-7-4-6-17(12-19)25(32)33/h2-14H,15H2,1H3,(H,32,33). The van der Waals surface area contributed by atoms with Gasteiger partial charge in [0.05, 0.1) is 34.0 Å². The number of carbonyl (C=O) groups is 1. The summed E-state index contributed by atoms with van der Waals surface area (Å²) in [6, 6.07) is 20.9. The molecule has 5 rings (SSSR count). The van der Waals surface area contributed by atoms with Crippen LogP contribution in [0.15, 0.2) is 83.8 Å². The Morgan fingerprint density at radius 2 is 1.79 bits per heavy atom. The molecule has 2 aromatic heterocycles. The number of ether oxygens (including phenoxy) is 1. The SMILES string of the molecule is Cc1nc2ccccc2c(=O)n1-c1cccc(OCc2cn(-c3cccc(C(=O)O)c3)nn2)c1. The second-order valence-electron chi connectivity index (χ2n) is 7.61. The van der Waals surface area contributed by atoms with E-state index in [1.807, 2.05) is 24.3 Å². The molecule has 0 saturated carbocycles. The van der Waals surface area contributed by atoms with Crippen LogP contribution in [0.4, 0.5) is 0 Å². The Balaban J connectivity index is 1.37. The Morgan fingerprint density at radius 3 is 2.65 bits per heavy atom. The first-order valence-electron chi connectivity index (χ1n) is 10.5. The van der Waals surface area contributed by atoms with Gasteiger partial charge in [-0.1, -0.05) is 29.5 Å². The van der Waals surface area contributed by atoms with Crippen LogP contribution in [0, 0.1) is 6.92 Å². The maximum absolute atomic E-state index is 13.1. The summed E-state index contributed by atoms with van der Waals surface area (Å²) in [4.78, 5) is 28.8. The van der Waals surface area contributed by atoms with Crippen LogP contribution in [-0.4, -0.2) is 35.6 Å². The second-order valence-corrected chi connectivity index (χ2v) is 7.61. The van der Waals surface area contributed by atoms with E-state index in [2.05, 4.69) is 15.3 Å². The van der Waals surface area contributed by atoms with Crippen LogP contribution in [0.5, 0.6) is 5.75 Å². The first-order valence-corrected chi connectivity index (χ1v) is 10.5. The van der Waals surface area contributed by atoms with Crippen LogP contribution < -0.4 is 10.3 Å². The second kappa shape index (κ2) is 8.62. The Labute approximate surface area is 193 Å². The average Bonchev–Trinajstić information content (AvgIpc) is 3.32. The van der Waals surface area contributed by atoms with E-state index in [9.17, 15) is 14.7 Å². The molecule has 2 heterocycles. The molecular weight excluding hydrogens is 434 g/mol. The van der Waals surface area contributed by atoms with E-state index in [-0.39, 0.29) is 17.7 Å². The summed E-state index contributed by atoms with van der Waals surface area (Å²) in [7, 11) is 0. The average molecular weight is 453 g/mol. The van der Waals surface area contributed by atoms with Crippen LogP contribution in [0.25, 0.3) is 22.3 Å². The molecule has 0 aliphatic carbocycles. The summed E-state index contributed by atoms with van der Waals surface area (Å²) < 4.78 is 8.93. The van der Waals surface area contributed by atoms with Crippen LogP contribution in [0.1, 0.15) is 21.9 Å². The summed E-state index contributed by atoms with van der Waals surface area (Å²) in [6.07, 6.45) is 1.67. The predicted molar refractivity (Wildman–Crippen MR) is 125 cm³/mol. The fraction of sp³-hybridized carbons (Fsp3) is 0.0800. The van der Waals surface area contributed by atoms with Gasteiger partial charge in [-0.05, 0) is 49.4 Å². The van der Waals surface area contributed by atoms with Gasteiger partial charge in [-0.2, -0.15) is 0 Å².